The van der Waals surface area contributed by atoms with Gasteiger partial charge in [0.15, 0.2) is 0 Å². The highest BCUT2D eigenvalue weighted by atomic mass is 16.2. The minimum absolute atomic E-state index is 0.0513. The quantitative estimate of drug-likeness (QED) is 0.805. The van der Waals surface area contributed by atoms with Crippen molar-refractivity contribution in [3.63, 3.8) is 0 Å². The van der Waals surface area contributed by atoms with Gasteiger partial charge in [-0.05, 0) is 30.5 Å². The van der Waals surface area contributed by atoms with Crippen molar-refractivity contribution < 1.29 is 4.79 Å². The summed E-state index contributed by atoms with van der Waals surface area (Å²) in [5, 5.41) is 0. The Morgan fingerprint density at radius 3 is 3.26 bits per heavy atom. The number of H-pyrrole nitrogens is 1. The number of hydrogen-bond acceptors (Lipinski definition) is 3. The van der Waals surface area contributed by atoms with Crippen LogP contribution in [-0.2, 0) is 13.0 Å². The molecule has 0 fully saturated rings. The first-order chi connectivity index (χ1) is 11.2. The lowest BCUT2D eigenvalue weighted by molar-refractivity contribution is 0.0764. The Morgan fingerprint density at radius 2 is 2.35 bits per heavy atom. The van der Waals surface area contributed by atoms with Gasteiger partial charge in [0.25, 0.3) is 5.91 Å². The van der Waals surface area contributed by atoms with Crippen LogP contribution in [0.2, 0.25) is 0 Å². The first-order valence-electron chi connectivity index (χ1n) is 7.89. The van der Waals surface area contributed by atoms with Gasteiger partial charge in [-0.25, -0.2) is 9.97 Å². The zero-order valence-electron chi connectivity index (χ0n) is 13.1. The number of amides is 1. The molecule has 118 valence electrons. The lowest BCUT2D eigenvalue weighted by Gasteiger charge is -2.27. The van der Waals surface area contributed by atoms with Crippen LogP contribution in [0.3, 0.4) is 0 Å². The Kier molecular flexibility index (Phi) is 3.37. The average Bonchev–Trinajstić information content (AvgIpc) is 3.21. The van der Waals surface area contributed by atoms with E-state index in [9.17, 15) is 4.79 Å². The molecule has 23 heavy (non-hydrogen) atoms. The van der Waals surface area contributed by atoms with Crippen molar-refractivity contribution in [2.75, 3.05) is 13.6 Å². The number of hydrogen-bond donors (Lipinski definition) is 1. The first-order valence-corrected chi connectivity index (χ1v) is 7.89. The van der Waals surface area contributed by atoms with Crippen molar-refractivity contribution in [3.8, 4) is 0 Å². The van der Waals surface area contributed by atoms with Crippen LogP contribution in [0.25, 0.3) is 11.0 Å². The van der Waals surface area contributed by atoms with Crippen molar-refractivity contribution in [1.82, 2.24) is 24.4 Å². The number of aromatic nitrogens is 4. The summed E-state index contributed by atoms with van der Waals surface area (Å²) >= 11 is 0. The van der Waals surface area contributed by atoms with Gasteiger partial charge < -0.3 is 14.5 Å². The molecule has 2 aromatic heterocycles. The number of nitrogens with one attached hydrogen (secondary N) is 1. The molecule has 0 spiro atoms. The molecule has 1 aliphatic rings. The van der Waals surface area contributed by atoms with Crippen LogP contribution < -0.4 is 0 Å². The van der Waals surface area contributed by atoms with E-state index in [1.807, 2.05) is 42.5 Å². The molecular formula is C17H19N5O. The highest BCUT2D eigenvalue weighted by Gasteiger charge is 2.22. The molecule has 1 atom stereocenters. The monoisotopic (exact) mass is 309 g/mol. The fourth-order valence-corrected chi connectivity index (χ4v) is 3.33. The Morgan fingerprint density at radius 1 is 1.43 bits per heavy atom. The molecule has 4 rings (SSSR count). The third-order valence-electron chi connectivity index (χ3n) is 4.60. The number of rotatable bonds is 3. The van der Waals surface area contributed by atoms with E-state index in [2.05, 4.69) is 19.5 Å². The molecule has 3 heterocycles. The largest absolute Gasteiger partial charge is 0.345 e. The van der Waals surface area contributed by atoms with Gasteiger partial charge in [0, 0.05) is 44.5 Å². The van der Waals surface area contributed by atoms with Crippen molar-refractivity contribution in [3.05, 3.63) is 48.3 Å². The highest BCUT2D eigenvalue weighted by Crippen LogP contribution is 2.21. The van der Waals surface area contributed by atoms with Crippen molar-refractivity contribution in [2.24, 2.45) is 5.92 Å². The van der Waals surface area contributed by atoms with Crippen LogP contribution in [0.4, 0.5) is 0 Å². The molecule has 1 N–H and O–H groups in total. The smallest absolute Gasteiger partial charge is 0.253 e. The van der Waals surface area contributed by atoms with Crippen molar-refractivity contribution in [2.45, 2.75) is 19.4 Å². The molecule has 0 aliphatic carbocycles. The highest BCUT2D eigenvalue weighted by molar-refractivity contribution is 5.97. The number of aromatic amines is 1. The predicted octanol–water partition coefficient (Wildman–Crippen LogP) is 2.09. The Labute approximate surface area is 134 Å². The lowest BCUT2D eigenvalue weighted by Crippen LogP contribution is -2.35. The van der Waals surface area contributed by atoms with Gasteiger partial charge in [0.2, 0.25) is 0 Å². The first kappa shape index (κ1) is 14.0. The third-order valence-corrected chi connectivity index (χ3v) is 4.60. The van der Waals surface area contributed by atoms with Crippen LogP contribution in [0.1, 0.15) is 22.6 Å². The van der Waals surface area contributed by atoms with Gasteiger partial charge in [-0.15, -0.1) is 0 Å². The molecule has 6 heteroatoms. The van der Waals surface area contributed by atoms with Gasteiger partial charge in [-0.1, -0.05) is 0 Å². The van der Waals surface area contributed by atoms with Crippen LogP contribution in [0.15, 0.2) is 36.9 Å². The molecular weight excluding hydrogens is 290 g/mol. The number of carbonyl (C=O) groups excluding carboxylic acids is 1. The predicted molar refractivity (Wildman–Crippen MR) is 87.1 cm³/mol. The van der Waals surface area contributed by atoms with Crippen LogP contribution in [0, 0.1) is 5.92 Å². The Hall–Kier alpha value is -2.63. The summed E-state index contributed by atoms with van der Waals surface area (Å²) < 4.78 is 2.20. The Bertz CT molecular complexity index is 849. The van der Waals surface area contributed by atoms with Crippen LogP contribution in [0.5, 0.6) is 0 Å². The molecule has 3 aromatic rings. The SMILES string of the molecule is CN(C[C@H]1CCn2ccnc2C1)C(=O)c1ccc2nc[nH]c2c1. The number of carbonyl (C=O) groups is 1. The summed E-state index contributed by atoms with van der Waals surface area (Å²) in [5.74, 6) is 1.64. The van der Waals surface area contributed by atoms with E-state index in [0.29, 0.717) is 11.5 Å². The van der Waals surface area contributed by atoms with Crippen LogP contribution >= 0.6 is 0 Å². The van der Waals surface area contributed by atoms with Gasteiger partial charge >= 0.3 is 0 Å². The molecule has 0 radical (unpaired) electrons. The van der Waals surface area contributed by atoms with Gasteiger partial charge in [0.05, 0.1) is 17.4 Å². The standard InChI is InChI=1S/C17H19N5O/c1-21(10-12-4-6-22-7-5-18-16(22)8-12)17(23)13-2-3-14-15(9-13)20-11-19-14/h2-3,5,7,9,11-12H,4,6,8,10H2,1H3,(H,19,20)/t12-/m0/s1. The summed E-state index contributed by atoms with van der Waals surface area (Å²) in [6.45, 7) is 1.74. The minimum atomic E-state index is 0.0513. The van der Waals surface area contributed by atoms with Crippen LogP contribution in [-0.4, -0.2) is 43.9 Å². The molecule has 1 amide bonds. The molecule has 6 nitrogen and oxygen atoms in total. The number of fused-ring (bicyclic) bond motifs is 2. The number of aryl methyl sites for hydroxylation is 1. The van der Waals surface area contributed by atoms with E-state index in [0.717, 1.165) is 42.8 Å². The van der Waals surface area contributed by atoms with Crippen molar-refractivity contribution in [1.29, 1.82) is 0 Å². The van der Waals surface area contributed by atoms with Gasteiger partial charge in [0.1, 0.15) is 5.82 Å². The van der Waals surface area contributed by atoms with E-state index in [1.54, 1.807) is 6.33 Å². The average molecular weight is 309 g/mol. The summed E-state index contributed by atoms with van der Waals surface area (Å²) in [5.41, 5.74) is 2.47. The van der Waals surface area contributed by atoms with E-state index in [-0.39, 0.29) is 5.91 Å². The van der Waals surface area contributed by atoms with E-state index >= 15 is 0 Å². The maximum Gasteiger partial charge on any atom is 0.253 e. The molecule has 0 unspecified atom stereocenters. The fraction of sp³-hybridized carbons (Fsp3) is 0.353. The van der Waals surface area contributed by atoms with Crippen molar-refractivity contribution >= 4 is 16.9 Å². The Balaban J connectivity index is 1.46. The third kappa shape index (κ3) is 2.60. The molecule has 0 bridgehead atoms. The van der Waals surface area contributed by atoms with Gasteiger partial charge in [-0.3, -0.25) is 4.79 Å². The summed E-state index contributed by atoms with van der Waals surface area (Å²) in [6, 6.07) is 5.59. The maximum atomic E-state index is 12.7. The summed E-state index contributed by atoms with van der Waals surface area (Å²) in [6.07, 6.45) is 7.55. The van der Waals surface area contributed by atoms with E-state index in [4.69, 9.17) is 0 Å². The second-order valence-electron chi connectivity index (χ2n) is 6.22. The molecule has 1 aliphatic heterocycles. The fourth-order valence-electron chi connectivity index (χ4n) is 3.33. The zero-order valence-corrected chi connectivity index (χ0v) is 13.1. The lowest BCUT2D eigenvalue weighted by atomic mass is 9.97. The summed E-state index contributed by atoms with van der Waals surface area (Å²) in [7, 11) is 1.88. The second kappa shape index (κ2) is 5.53. The molecule has 1 aromatic carbocycles. The topological polar surface area (TPSA) is 66.8 Å². The maximum absolute atomic E-state index is 12.7. The number of nitrogens with zero attached hydrogens (tertiary/aromatic N) is 4. The van der Waals surface area contributed by atoms with E-state index < -0.39 is 0 Å². The molecule has 0 saturated heterocycles. The zero-order chi connectivity index (χ0) is 15.8. The van der Waals surface area contributed by atoms with Gasteiger partial charge in [-0.2, -0.15) is 0 Å². The summed E-state index contributed by atoms with van der Waals surface area (Å²) in [4.78, 5) is 26.1. The molecule has 0 saturated carbocycles. The minimum Gasteiger partial charge on any atom is -0.345 e. The number of benzene rings is 1. The van der Waals surface area contributed by atoms with E-state index in [1.165, 1.54) is 0 Å². The second-order valence-corrected chi connectivity index (χ2v) is 6.22. The number of imidazole rings is 2. The normalized spacial score (nSPS) is 17.2.